The first kappa shape index (κ1) is 24.1. The molecule has 34 heavy (non-hydrogen) atoms. The van der Waals surface area contributed by atoms with Crippen molar-refractivity contribution in [2.75, 3.05) is 10.6 Å². The number of hydrogen-bond donors (Lipinski definition) is 2. The van der Waals surface area contributed by atoms with Crippen molar-refractivity contribution in [3.8, 4) is 11.1 Å². The second-order valence-corrected chi connectivity index (χ2v) is 8.94. The Morgan fingerprint density at radius 1 is 0.529 bits per heavy atom. The van der Waals surface area contributed by atoms with Gasteiger partial charge in [0.25, 0.3) is 11.8 Å². The molecule has 170 valence electrons. The summed E-state index contributed by atoms with van der Waals surface area (Å²) in [5.74, 6) is -0.758. The van der Waals surface area contributed by atoms with Crippen LogP contribution in [0.1, 0.15) is 20.7 Å². The molecule has 0 heterocycles. The Kier molecular flexibility index (Phi) is 7.44. The van der Waals surface area contributed by atoms with Crippen LogP contribution in [-0.2, 0) is 0 Å². The summed E-state index contributed by atoms with van der Waals surface area (Å²) in [5.41, 5.74) is 2.76. The smallest absolute Gasteiger partial charge is 0.256 e. The molecule has 0 aromatic heterocycles. The number of halogens is 4. The highest BCUT2D eigenvalue weighted by Gasteiger charge is 2.19. The minimum atomic E-state index is -0.379. The van der Waals surface area contributed by atoms with Crippen LogP contribution in [0.25, 0.3) is 11.1 Å². The van der Waals surface area contributed by atoms with Crippen LogP contribution < -0.4 is 10.6 Å². The molecule has 0 atom stereocenters. The highest BCUT2D eigenvalue weighted by atomic mass is 35.5. The first-order chi connectivity index (χ1) is 16.3. The normalized spacial score (nSPS) is 10.6. The van der Waals surface area contributed by atoms with E-state index in [1.54, 1.807) is 84.9 Å². The molecule has 4 rings (SSSR count). The van der Waals surface area contributed by atoms with Crippen molar-refractivity contribution < 1.29 is 9.59 Å². The Bertz CT molecular complexity index is 1300. The average molecular weight is 530 g/mol. The van der Waals surface area contributed by atoms with Gasteiger partial charge in [-0.2, -0.15) is 0 Å². The van der Waals surface area contributed by atoms with Crippen molar-refractivity contribution in [2.45, 2.75) is 0 Å². The summed E-state index contributed by atoms with van der Waals surface area (Å²) in [6.07, 6.45) is 0. The lowest BCUT2D eigenvalue weighted by Gasteiger charge is -2.15. The maximum Gasteiger partial charge on any atom is 0.256 e. The Morgan fingerprint density at radius 2 is 0.912 bits per heavy atom. The summed E-state index contributed by atoms with van der Waals surface area (Å²) in [5, 5.41) is 7.17. The van der Waals surface area contributed by atoms with Crippen LogP contribution in [0.4, 0.5) is 11.4 Å². The van der Waals surface area contributed by atoms with Crippen LogP contribution in [0.15, 0.2) is 84.9 Å². The molecule has 0 aliphatic rings. The van der Waals surface area contributed by atoms with Gasteiger partial charge in [-0.05, 0) is 59.7 Å². The molecule has 0 unspecified atom stereocenters. The van der Waals surface area contributed by atoms with E-state index in [4.69, 9.17) is 46.4 Å². The molecule has 0 saturated carbocycles. The van der Waals surface area contributed by atoms with Gasteiger partial charge in [0.2, 0.25) is 0 Å². The van der Waals surface area contributed by atoms with Crippen LogP contribution in [0, 0.1) is 0 Å². The van der Waals surface area contributed by atoms with E-state index in [2.05, 4.69) is 10.6 Å². The number of carbonyl (C=O) groups excluding carboxylic acids is 2. The van der Waals surface area contributed by atoms with Gasteiger partial charge in [-0.3, -0.25) is 9.59 Å². The van der Waals surface area contributed by atoms with Crippen molar-refractivity contribution in [2.24, 2.45) is 0 Å². The molecular weight excluding hydrogens is 514 g/mol. The maximum absolute atomic E-state index is 13.2. The summed E-state index contributed by atoms with van der Waals surface area (Å²) in [6, 6.07) is 23.6. The standard InChI is InChI=1S/C26H16Cl4N2O2/c27-15-9-11-23(21(29)13-15)31-25(33)19-7-3-1-5-17(19)18-6-2-4-8-20(18)26(34)32-24-12-10-16(28)14-22(24)30/h1-14H,(H,31,33)(H,32,34). The van der Waals surface area contributed by atoms with Crippen LogP contribution in [0.2, 0.25) is 20.1 Å². The van der Waals surface area contributed by atoms with Crippen LogP contribution >= 0.6 is 46.4 Å². The number of anilines is 2. The predicted octanol–water partition coefficient (Wildman–Crippen LogP) is 8.47. The summed E-state index contributed by atoms with van der Waals surface area (Å²) in [7, 11) is 0. The van der Waals surface area contributed by atoms with Gasteiger partial charge >= 0.3 is 0 Å². The summed E-state index contributed by atoms with van der Waals surface area (Å²) >= 11 is 24.3. The molecule has 0 spiro atoms. The van der Waals surface area contributed by atoms with Gasteiger partial charge in [0, 0.05) is 21.2 Å². The zero-order valence-corrected chi connectivity index (χ0v) is 20.4. The molecule has 4 aromatic rings. The first-order valence-electron chi connectivity index (χ1n) is 10.0. The third-order valence-electron chi connectivity index (χ3n) is 4.99. The van der Waals surface area contributed by atoms with Crippen LogP contribution in [0.5, 0.6) is 0 Å². The number of amides is 2. The fourth-order valence-electron chi connectivity index (χ4n) is 3.39. The fraction of sp³-hybridized carbons (Fsp3) is 0. The lowest BCUT2D eigenvalue weighted by molar-refractivity contribution is 0.101. The van der Waals surface area contributed by atoms with Gasteiger partial charge in [-0.1, -0.05) is 82.8 Å². The monoisotopic (exact) mass is 528 g/mol. The Balaban J connectivity index is 1.68. The molecule has 0 saturated heterocycles. The van der Waals surface area contributed by atoms with E-state index in [0.717, 1.165) is 0 Å². The minimum absolute atomic E-state index is 0.318. The molecule has 0 aliphatic carbocycles. The van der Waals surface area contributed by atoms with Crippen LogP contribution in [-0.4, -0.2) is 11.8 Å². The number of carbonyl (C=O) groups is 2. The van der Waals surface area contributed by atoms with Crippen molar-refractivity contribution in [1.82, 2.24) is 0 Å². The van der Waals surface area contributed by atoms with E-state index in [1.165, 1.54) is 0 Å². The third kappa shape index (κ3) is 5.37. The van der Waals surface area contributed by atoms with Crippen molar-refractivity contribution in [1.29, 1.82) is 0 Å². The first-order valence-corrected chi connectivity index (χ1v) is 11.6. The van der Waals surface area contributed by atoms with E-state index >= 15 is 0 Å². The molecule has 0 fully saturated rings. The van der Waals surface area contributed by atoms with E-state index in [1.807, 2.05) is 0 Å². The van der Waals surface area contributed by atoms with Gasteiger partial charge < -0.3 is 10.6 Å². The van der Waals surface area contributed by atoms with E-state index in [0.29, 0.717) is 53.7 Å². The number of rotatable bonds is 5. The Hall–Kier alpha value is -3.02. The molecule has 0 radical (unpaired) electrons. The largest absolute Gasteiger partial charge is 0.321 e. The molecule has 2 N–H and O–H groups in total. The van der Waals surface area contributed by atoms with Crippen LogP contribution in [0.3, 0.4) is 0 Å². The summed E-state index contributed by atoms with van der Waals surface area (Å²) in [6.45, 7) is 0. The Labute approximate surface area is 216 Å². The lowest BCUT2D eigenvalue weighted by atomic mass is 9.94. The van der Waals surface area contributed by atoms with Crippen molar-refractivity contribution in [3.05, 3.63) is 116 Å². The SMILES string of the molecule is O=C(Nc1ccc(Cl)cc1Cl)c1ccccc1-c1ccccc1C(=O)Nc1ccc(Cl)cc1Cl. The summed E-state index contributed by atoms with van der Waals surface area (Å²) in [4.78, 5) is 26.3. The predicted molar refractivity (Wildman–Crippen MR) is 141 cm³/mol. The lowest BCUT2D eigenvalue weighted by Crippen LogP contribution is -2.16. The van der Waals surface area contributed by atoms with E-state index < -0.39 is 0 Å². The third-order valence-corrected chi connectivity index (χ3v) is 6.09. The Morgan fingerprint density at radius 3 is 1.29 bits per heavy atom. The zero-order valence-electron chi connectivity index (χ0n) is 17.4. The van der Waals surface area contributed by atoms with Gasteiger partial charge in [0.15, 0.2) is 0 Å². The molecule has 8 heteroatoms. The molecule has 0 bridgehead atoms. The van der Waals surface area contributed by atoms with Gasteiger partial charge in [0.1, 0.15) is 0 Å². The van der Waals surface area contributed by atoms with Gasteiger partial charge in [0.05, 0.1) is 21.4 Å². The number of nitrogens with one attached hydrogen (secondary N) is 2. The number of benzene rings is 4. The molecule has 2 amide bonds. The van der Waals surface area contributed by atoms with Gasteiger partial charge in [-0.15, -0.1) is 0 Å². The molecular formula is C26H16Cl4N2O2. The highest BCUT2D eigenvalue weighted by molar-refractivity contribution is 6.37. The van der Waals surface area contributed by atoms with E-state index in [-0.39, 0.29) is 11.8 Å². The molecule has 0 aliphatic heterocycles. The minimum Gasteiger partial charge on any atom is -0.321 e. The fourth-order valence-corrected chi connectivity index (χ4v) is 4.30. The number of hydrogen-bond acceptors (Lipinski definition) is 2. The van der Waals surface area contributed by atoms with E-state index in [9.17, 15) is 9.59 Å². The van der Waals surface area contributed by atoms with Crippen molar-refractivity contribution >= 4 is 69.6 Å². The maximum atomic E-state index is 13.2. The topological polar surface area (TPSA) is 58.2 Å². The average Bonchev–Trinajstić information content (AvgIpc) is 2.82. The zero-order chi connectivity index (χ0) is 24.2. The molecule has 4 nitrogen and oxygen atoms in total. The second-order valence-electron chi connectivity index (χ2n) is 7.25. The van der Waals surface area contributed by atoms with Crippen molar-refractivity contribution in [3.63, 3.8) is 0 Å². The molecule has 4 aromatic carbocycles. The highest BCUT2D eigenvalue weighted by Crippen LogP contribution is 2.31. The quantitative estimate of drug-likeness (QED) is 0.272. The summed E-state index contributed by atoms with van der Waals surface area (Å²) < 4.78 is 0. The second kappa shape index (κ2) is 10.5. The van der Waals surface area contributed by atoms with Gasteiger partial charge in [-0.25, -0.2) is 0 Å².